The van der Waals surface area contributed by atoms with Crippen molar-refractivity contribution in [1.29, 1.82) is 0 Å². The molecule has 0 spiro atoms. The minimum atomic E-state index is -4.27. The summed E-state index contributed by atoms with van der Waals surface area (Å²) in [6, 6.07) is 21.7. The summed E-state index contributed by atoms with van der Waals surface area (Å²) in [5.74, 6) is -0.798. The van der Waals surface area contributed by atoms with E-state index in [4.69, 9.17) is 16.6 Å². The Morgan fingerprint density at radius 3 is 2.42 bits per heavy atom. The standard InChI is InChI=1S/C40H42ClN5O5S/c1-3-5-18-46(19-6-4-2)40-43-24-36(41)37(44-40)32-17-15-28(39(49)45-52(50,51)31-16-14-26-10-7-8-11-27(26)20-31)21-35(32)38(48)33-13-9-12-29-23-42-30(25-47)22-34(29)33/h7-17,20-21,24,30,42,47H,3-6,18-19,22-23,25H2,1-2H3,(H,45,49). The van der Waals surface area contributed by atoms with Crippen LogP contribution in [0.2, 0.25) is 5.02 Å². The second kappa shape index (κ2) is 16.3. The molecule has 2 heterocycles. The normalized spacial score (nSPS) is 14.2. The molecule has 1 amide bonds. The van der Waals surface area contributed by atoms with Crippen molar-refractivity contribution in [1.82, 2.24) is 20.0 Å². The molecule has 1 aliphatic heterocycles. The average Bonchev–Trinajstić information content (AvgIpc) is 3.17. The number of sulfonamides is 1. The fourth-order valence-corrected chi connectivity index (χ4v) is 7.67. The molecule has 52 heavy (non-hydrogen) atoms. The van der Waals surface area contributed by atoms with Gasteiger partial charge in [0.25, 0.3) is 15.9 Å². The van der Waals surface area contributed by atoms with Crippen molar-refractivity contribution in [2.45, 2.75) is 63.4 Å². The molecule has 0 aliphatic carbocycles. The van der Waals surface area contributed by atoms with Crippen LogP contribution in [0.25, 0.3) is 22.0 Å². The highest BCUT2D eigenvalue weighted by molar-refractivity contribution is 7.90. The van der Waals surface area contributed by atoms with Crippen LogP contribution in [0.4, 0.5) is 5.95 Å². The van der Waals surface area contributed by atoms with Crippen LogP contribution < -0.4 is 14.9 Å². The summed E-state index contributed by atoms with van der Waals surface area (Å²) in [5.41, 5.74) is 2.94. The Balaban J connectivity index is 1.44. The quantitative estimate of drug-likeness (QED) is 0.106. The van der Waals surface area contributed by atoms with Gasteiger partial charge >= 0.3 is 0 Å². The Bertz CT molecular complexity index is 2220. The van der Waals surface area contributed by atoms with Gasteiger partial charge in [-0.25, -0.2) is 23.1 Å². The van der Waals surface area contributed by atoms with E-state index in [1.54, 1.807) is 30.3 Å². The number of hydrogen-bond acceptors (Lipinski definition) is 9. The van der Waals surface area contributed by atoms with Gasteiger partial charge in [-0.15, -0.1) is 0 Å². The fourth-order valence-electron chi connectivity index (χ4n) is 6.46. The molecule has 0 saturated heterocycles. The van der Waals surface area contributed by atoms with Crippen molar-refractivity contribution in [3.05, 3.63) is 118 Å². The molecule has 0 bridgehead atoms. The number of carbonyl (C=O) groups excluding carboxylic acids is 2. The first kappa shape index (κ1) is 37.1. The Morgan fingerprint density at radius 1 is 0.942 bits per heavy atom. The molecule has 1 unspecified atom stereocenters. The first-order valence-electron chi connectivity index (χ1n) is 17.6. The molecular weight excluding hydrogens is 698 g/mol. The van der Waals surface area contributed by atoms with E-state index in [0.717, 1.165) is 55.3 Å². The molecule has 0 saturated carbocycles. The Labute approximate surface area is 309 Å². The molecule has 270 valence electrons. The number of hydrogen-bond donors (Lipinski definition) is 3. The van der Waals surface area contributed by atoms with E-state index < -0.39 is 15.9 Å². The lowest BCUT2D eigenvalue weighted by atomic mass is 9.86. The number of rotatable bonds is 14. The number of aromatic nitrogens is 2. The minimum Gasteiger partial charge on any atom is -0.395 e. The smallest absolute Gasteiger partial charge is 0.265 e. The molecule has 1 aliphatic rings. The van der Waals surface area contributed by atoms with Gasteiger partial charge in [-0.2, -0.15) is 0 Å². The molecule has 6 rings (SSSR count). The summed E-state index contributed by atoms with van der Waals surface area (Å²) in [6.45, 7) is 6.14. The number of fused-ring (bicyclic) bond motifs is 2. The van der Waals surface area contributed by atoms with Crippen LogP contribution in [0.15, 0.2) is 90.0 Å². The number of ketones is 1. The van der Waals surface area contributed by atoms with E-state index in [9.17, 15) is 23.1 Å². The SMILES string of the molecule is CCCCN(CCCC)c1ncc(Cl)c(-c2ccc(C(=O)NS(=O)(=O)c3ccc4ccccc4c3)cc2C(=O)c2cccc3c2CC(CO)NC3)n1. The lowest BCUT2D eigenvalue weighted by Crippen LogP contribution is -2.39. The summed E-state index contributed by atoms with van der Waals surface area (Å²) < 4.78 is 29.1. The molecule has 4 aromatic carbocycles. The average molecular weight is 740 g/mol. The highest BCUT2D eigenvalue weighted by Crippen LogP contribution is 2.34. The number of amides is 1. The van der Waals surface area contributed by atoms with Gasteiger partial charge in [0.15, 0.2) is 5.78 Å². The molecule has 3 N–H and O–H groups in total. The van der Waals surface area contributed by atoms with Crippen LogP contribution in [-0.2, 0) is 23.0 Å². The molecule has 10 nitrogen and oxygen atoms in total. The molecule has 12 heteroatoms. The molecule has 5 aromatic rings. The van der Waals surface area contributed by atoms with Gasteiger partial charge in [-0.05, 0) is 65.4 Å². The maximum absolute atomic E-state index is 14.7. The monoisotopic (exact) mass is 739 g/mol. The van der Waals surface area contributed by atoms with Gasteiger partial charge in [-0.1, -0.05) is 92.9 Å². The van der Waals surface area contributed by atoms with E-state index in [1.165, 1.54) is 30.5 Å². The second-order valence-electron chi connectivity index (χ2n) is 13.0. The zero-order chi connectivity index (χ0) is 36.8. The number of aliphatic hydroxyl groups is 1. The van der Waals surface area contributed by atoms with Gasteiger partial charge < -0.3 is 15.3 Å². The van der Waals surface area contributed by atoms with Crippen molar-refractivity contribution in [2.24, 2.45) is 0 Å². The Morgan fingerprint density at radius 2 is 1.69 bits per heavy atom. The first-order chi connectivity index (χ1) is 25.1. The second-order valence-corrected chi connectivity index (χ2v) is 15.1. The third kappa shape index (κ3) is 8.03. The number of aliphatic hydroxyl groups excluding tert-OH is 1. The number of halogens is 1. The van der Waals surface area contributed by atoms with Gasteiger partial charge in [0.05, 0.1) is 28.4 Å². The third-order valence-electron chi connectivity index (χ3n) is 9.39. The van der Waals surface area contributed by atoms with E-state index in [-0.39, 0.29) is 39.5 Å². The van der Waals surface area contributed by atoms with E-state index in [0.29, 0.717) is 41.1 Å². The number of anilines is 1. The molecule has 0 fully saturated rings. The summed E-state index contributed by atoms with van der Waals surface area (Å²) in [4.78, 5) is 39.9. The summed E-state index contributed by atoms with van der Waals surface area (Å²) >= 11 is 6.77. The van der Waals surface area contributed by atoms with E-state index in [1.807, 2.05) is 24.3 Å². The molecular formula is C40H42ClN5O5S. The maximum Gasteiger partial charge on any atom is 0.265 e. The van der Waals surface area contributed by atoms with Crippen LogP contribution in [0.3, 0.4) is 0 Å². The number of nitrogens with zero attached hydrogens (tertiary/aromatic N) is 3. The van der Waals surface area contributed by atoms with Crippen LogP contribution in [0.1, 0.15) is 76.9 Å². The molecule has 1 aromatic heterocycles. The van der Waals surface area contributed by atoms with Crippen LogP contribution in [0, 0.1) is 0 Å². The third-order valence-corrected chi connectivity index (χ3v) is 11.0. The van der Waals surface area contributed by atoms with E-state index >= 15 is 0 Å². The lowest BCUT2D eigenvalue weighted by Gasteiger charge is -2.26. The Kier molecular flexibility index (Phi) is 11.6. The number of carbonyl (C=O) groups is 2. The predicted octanol–water partition coefficient (Wildman–Crippen LogP) is 6.71. The van der Waals surface area contributed by atoms with Crippen molar-refractivity contribution >= 4 is 50.0 Å². The van der Waals surface area contributed by atoms with Crippen LogP contribution in [0.5, 0.6) is 0 Å². The minimum absolute atomic E-state index is 0.0333. The van der Waals surface area contributed by atoms with Crippen LogP contribution >= 0.6 is 11.6 Å². The summed E-state index contributed by atoms with van der Waals surface area (Å²) in [5, 5.41) is 15.0. The highest BCUT2D eigenvalue weighted by Gasteiger charge is 2.28. The van der Waals surface area contributed by atoms with Gasteiger partial charge in [0, 0.05) is 47.9 Å². The van der Waals surface area contributed by atoms with Crippen molar-refractivity contribution in [2.75, 3.05) is 24.6 Å². The molecule has 1 atom stereocenters. The van der Waals surface area contributed by atoms with E-state index in [2.05, 4.69) is 33.8 Å². The zero-order valence-electron chi connectivity index (χ0n) is 29.2. The largest absolute Gasteiger partial charge is 0.395 e. The molecule has 0 radical (unpaired) electrons. The van der Waals surface area contributed by atoms with Crippen LogP contribution in [-0.4, -0.2) is 60.9 Å². The first-order valence-corrected chi connectivity index (χ1v) is 19.5. The van der Waals surface area contributed by atoms with Gasteiger partial charge in [0.1, 0.15) is 0 Å². The summed E-state index contributed by atoms with van der Waals surface area (Å²) in [7, 11) is -4.27. The zero-order valence-corrected chi connectivity index (χ0v) is 30.8. The number of unbranched alkanes of at least 4 members (excludes halogenated alkanes) is 2. The number of benzene rings is 4. The maximum atomic E-state index is 14.7. The fraction of sp³-hybridized carbons (Fsp3) is 0.300. The Hall–Kier alpha value is -4.68. The highest BCUT2D eigenvalue weighted by atomic mass is 35.5. The van der Waals surface area contributed by atoms with Crippen molar-refractivity contribution in [3.8, 4) is 11.3 Å². The van der Waals surface area contributed by atoms with Gasteiger partial charge in [0.2, 0.25) is 5.95 Å². The number of nitrogens with one attached hydrogen (secondary N) is 2. The topological polar surface area (TPSA) is 142 Å². The van der Waals surface area contributed by atoms with Crippen molar-refractivity contribution < 1.29 is 23.1 Å². The van der Waals surface area contributed by atoms with Gasteiger partial charge in [-0.3, -0.25) is 9.59 Å². The van der Waals surface area contributed by atoms with Crippen molar-refractivity contribution in [3.63, 3.8) is 0 Å². The predicted molar refractivity (Wildman–Crippen MR) is 204 cm³/mol. The summed E-state index contributed by atoms with van der Waals surface area (Å²) in [6.07, 6.45) is 5.84. The lowest BCUT2D eigenvalue weighted by molar-refractivity contribution is 0.0981.